The van der Waals surface area contributed by atoms with E-state index in [0.717, 1.165) is 0 Å². The van der Waals surface area contributed by atoms with Crippen LogP contribution in [0.2, 0.25) is 0 Å². The van der Waals surface area contributed by atoms with Crippen LogP contribution in [0.5, 0.6) is 0 Å². The second-order valence-electron chi connectivity index (χ2n) is 3.01. The minimum Gasteiger partial charge on any atom is -0.405 e. The molecule has 14 heavy (non-hydrogen) atoms. The summed E-state index contributed by atoms with van der Waals surface area (Å²) >= 11 is 0. The van der Waals surface area contributed by atoms with Crippen molar-refractivity contribution in [2.75, 3.05) is 0 Å². The van der Waals surface area contributed by atoms with Crippen molar-refractivity contribution in [1.82, 2.24) is 9.55 Å². The molecule has 5 nitrogen and oxygen atoms in total. The monoisotopic (exact) mass is 192 g/mol. The van der Waals surface area contributed by atoms with Crippen LogP contribution in [0.25, 0.3) is 11.6 Å². The first kappa shape index (κ1) is 8.68. The minimum absolute atomic E-state index is 0.00190. The molecule has 0 N–H and O–H groups in total. The highest BCUT2D eigenvalue weighted by atomic mass is 16.4. The van der Waals surface area contributed by atoms with E-state index in [-0.39, 0.29) is 12.3 Å². The lowest BCUT2D eigenvalue weighted by Gasteiger charge is -2.06. The summed E-state index contributed by atoms with van der Waals surface area (Å²) in [6, 6.07) is 3.34. The van der Waals surface area contributed by atoms with Crippen LogP contribution in [0.15, 0.2) is 27.5 Å². The van der Waals surface area contributed by atoms with Crippen LogP contribution in [0, 0.1) is 0 Å². The zero-order valence-corrected chi connectivity index (χ0v) is 7.56. The van der Waals surface area contributed by atoms with Gasteiger partial charge in [-0.2, -0.15) is 4.98 Å². The van der Waals surface area contributed by atoms with Gasteiger partial charge in [0.1, 0.15) is 5.78 Å². The Morgan fingerprint density at radius 2 is 2.43 bits per heavy atom. The normalized spacial score (nSPS) is 10.6. The molecule has 0 amide bonds. The van der Waals surface area contributed by atoms with E-state index in [4.69, 9.17) is 4.42 Å². The molecule has 5 heteroatoms. The molecule has 0 aliphatic carbocycles. The molecule has 2 aliphatic rings. The first-order valence-electron chi connectivity index (χ1n) is 4.12. The molecule has 0 aromatic carbocycles. The van der Waals surface area contributed by atoms with Crippen LogP contribution >= 0.6 is 0 Å². The van der Waals surface area contributed by atoms with Gasteiger partial charge < -0.3 is 8.98 Å². The Balaban J connectivity index is 2.56. The van der Waals surface area contributed by atoms with Crippen LogP contribution in [0.4, 0.5) is 0 Å². The van der Waals surface area contributed by atoms with Gasteiger partial charge in [0.2, 0.25) is 0 Å². The molecule has 2 rings (SSSR count). The maximum absolute atomic E-state index is 10.9. The van der Waals surface area contributed by atoms with Crippen molar-refractivity contribution in [1.29, 1.82) is 0 Å². The average molecular weight is 192 g/mol. The molecule has 0 saturated heterocycles. The highest BCUT2D eigenvalue weighted by Crippen LogP contribution is 2.16. The summed E-state index contributed by atoms with van der Waals surface area (Å²) in [4.78, 5) is 25.4. The Bertz CT molecular complexity index is 497. The number of aromatic nitrogens is 2. The van der Waals surface area contributed by atoms with Crippen molar-refractivity contribution in [2.45, 2.75) is 13.5 Å². The summed E-state index contributed by atoms with van der Waals surface area (Å²) in [5.74, 6) is 0.174. The molecule has 0 bridgehead atoms. The maximum Gasteiger partial charge on any atom is 0.441 e. The smallest absolute Gasteiger partial charge is 0.405 e. The number of carbonyl (C=O) groups is 1. The largest absolute Gasteiger partial charge is 0.441 e. The summed E-state index contributed by atoms with van der Waals surface area (Å²) in [5, 5.41) is 0. The average Bonchev–Trinajstić information content (AvgIpc) is 2.45. The molecule has 2 heterocycles. The second kappa shape index (κ2) is 3.10. The Kier molecular flexibility index (Phi) is 1.92. The van der Waals surface area contributed by atoms with E-state index in [1.165, 1.54) is 6.92 Å². The summed E-state index contributed by atoms with van der Waals surface area (Å²) in [6.07, 6.45) is 1.69. The fraction of sp³-hybridized carbons (Fsp3) is 0.222. The van der Waals surface area contributed by atoms with Gasteiger partial charge in [0, 0.05) is 6.20 Å². The lowest BCUT2D eigenvalue weighted by atomic mass is 10.3. The number of pyridine rings is 1. The van der Waals surface area contributed by atoms with Crippen molar-refractivity contribution in [3.05, 3.63) is 28.9 Å². The summed E-state index contributed by atoms with van der Waals surface area (Å²) in [6.45, 7) is 1.67. The molecule has 2 aliphatic heterocycles. The molecular weight excluding hydrogens is 184 g/mol. The third-order valence-corrected chi connectivity index (χ3v) is 1.79. The lowest BCUT2D eigenvalue weighted by Crippen LogP contribution is -2.10. The summed E-state index contributed by atoms with van der Waals surface area (Å²) < 4.78 is 6.38. The molecule has 0 unspecified atom stereocenters. The van der Waals surface area contributed by atoms with Gasteiger partial charge in [0.05, 0.1) is 6.54 Å². The predicted octanol–water partition coefficient (Wildman–Crippen LogP) is 0.530. The molecular formula is C9H8N2O3. The second-order valence-corrected chi connectivity index (χ2v) is 3.01. The fourth-order valence-corrected chi connectivity index (χ4v) is 1.29. The van der Waals surface area contributed by atoms with Crippen molar-refractivity contribution in [2.24, 2.45) is 0 Å². The predicted molar refractivity (Wildman–Crippen MR) is 48.1 cm³/mol. The third kappa shape index (κ3) is 1.44. The van der Waals surface area contributed by atoms with Crippen LogP contribution in [0.3, 0.4) is 0 Å². The Morgan fingerprint density at radius 3 is 3.14 bits per heavy atom. The van der Waals surface area contributed by atoms with Gasteiger partial charge in [0.25, 0.3) is 0 Å². The zero-order chi connectivity index (χ0) is 10.1. The molecule has 0 saturated carbocycles. The van der Waals surface area contributed by atoms with Crippen molar-refractivity contribution >= 4 is 5.78 Å². The van der Waals surface area contributed by atoms with Gasteiger partial charge in [-0.05, 0) is 19.1 Å². The summed E-state index contributed by atoms with van der Waals surface area (Å²) in [5.41, 5.74) is 0. The fourth-order valence-electron chi connectivity index (χ4n) is 1.29. The van der Waals surface area contributed by atoms with E-state index in [0.29, 0.717) is 11.6 Å². The number of hydrogen-bond donors (Lipinski definition) is 0. The zero-order valence-electron chi connectivity index (χ0n) is 7.56. The topological polar surface area (TPSA) is 65.1 Å². The first-order chi connectivity index (χ1) is 6.66. The van der Waals surface area contributed by atoms with Gasteiger partial charge in [-0.15, -0.1) is 0 Å². The van der Waals surface area contributed by atoms with Gasteiger partial charge in [-0.1, -0.05) is 0 Å². The van der Waals surface area contributed by atoms with E-state index in [1.807, 2.05) is 0 Å². The first-order valence-corrected chi connectivity index (χ1v) is 4.12. The van der Waals surface area contributed by atoms with Crippen LogP contribution in [-0.2, 0) is 11.3 Å². The molecule has 72 valence electrons. The van der Waals surface area contributed by atoms with E-state index in [9.17, 15) is 9.59 Å². The molecule has 0 atom stereocenters. The van der Waals surface area contributed by atoms with Crippen molar-refractivity contribution in [3.63, 3.8) is 0 Å². The summed E-state index contributed by atoms with van der Waals surface area (Å²) in [7, 11) is 0. The minimum atomic E-state index is -0.636. The number of fused-ring (bicyclic) bond motifs is 1. The van der Waals surface area contributed by atoms with Gasteiger partial charge in [-0.3, -0.25) is 4.79 Å². The number of oxazole rings is 1. The number of rotatable bonds is 2. The third-order valence-electron chi connectivity index (χ3n) is 1.79. The van der Waals surface area contributed by atoms with Crippen molar-refractivity contribution in [3.8, 4) is 11.6 Å². The highest BCUT2D eigenvalue weighted by molar-refractivity contribution is 5.75. The van der Waals surface area contributed by atoms with E-state index in [2.05, 4.69) is 4.98 Å². The van der Waals surface area contributed by atoms with Crippen LogP contribution < -0.4 is 5.76 Å². The van der Waals surface area contributed by atoms with E-state index < -0.39 is 5.76 Å². The van der Waals surface area contributed by atoms with Gasteiger partial charge in [0.15, 0.2) is 11.6 Å². The Hall–Kier alpha value is -1.91. The number of nitrogens with zero attached hydrogens (tertiary/aromatic N) is 2. The Morgan fingerprint density at radius 1 is 1.64 bits per heavy atom. The molecule has 0 aromatic heterocycles. The molecule has 0 fully saturated rings. The molecule has 0 aromatic rings. The molecule has 0 radical (unpaired) electrons. The number of ketones is 1. The van der Waals surface area contributed by atoms with Gasteiger partial charge in [-0.25, -0.2) is 4.79 Å². The number of carbonyl (C=O) groups excluding carboxylic acids is 1. The van der Waals surface area contributed by atoms with Crippen LogP contribution in [-0.4, -0.2) is 15.3 Å². The van der Waals surface area contributed by atoms with Crippen molar-refractivity contribution < 1.29 is 9.21 Å². The number of Topliss-reactive ketones (excluding diaryl/α,β-unsaturated/α-hetero) is 1. The highest BCUT2D eigenvalue weighted by Gasteiger charge is 2.13. The van der Waals surface area contributed by atoms with Gasteiger partial charge >= 0.3 is 5.76 Å². The van der Waals surface area contributed by atoms with Crippen LogP contribution in [0.1, 0.15) is 6.92 Å². The van der Waals surface area contributed by atoms with E-state index >= 15 is 0 Å². The number of hydrogen-bond acceptors (Lipinski definition) is 4. The SMILES string of the molecule is CC(=O)Cn1cccc2oc(=O)nc1-2. The standard InChI is InChI=1S/C9H8N2O3/c1-6(12)5-11-4-2-3-7-8(11)10-9(13)14-7/h2-4H,5H2,1H3. The Labute approximate surface area is 79.3 Å². The molecule has 0 spiro atoms. The quantitative estimate of drug-likeness (QED) is 0.696. The lowest BCUT2D eigenvalue weighted by molar-refractivity contribution is -0.117. The maximum atomic E-state index is 10.9. The van der Waals surface area contributed by atoms with E-state index in [1.54, 1.807) is 22.9 Å².